The van der Waals surface area contributed by atoms with E-state index in [-0.39, 0.29) is 17.9 Å². The van der Waals surface area contributed by atoms with Crippen molar-refractivity contribution in [2.24, 2.45) is 5.92 Å². The van der Waals surface area contributed by atoms with Gasteiger partial charge in [-0.1, -0.05) is 30.3 Å². The van der Waals surface area contributed by atoms with E-state index in [2.05, 4.69) is 17.1 Å². The number of carbonyl (C=O) groups excluding carboxylic acids is 1. The average molecular weight is 344 g/mol. The van der Waals surface area contributed by atoms with E-state index >= 15 is 0 Å². The van der Waals surface area contributed by atoms with Crippen LogP contribution in [-0.2, 0) is 17.6 Å². The predicted octanol–water partition coefficient (Wildman–Crippen LogP) is 2.90. The Morgan fingerprint density at radius 1 is 1.42 bits per heavy atom. The van der Waals surface area contributed by atoms with Crippen molar-refractivity contribution in [3.63, 3.8) is 0 Å². The van der Waals surface area contributed by atoms with Gasteiger partial charge in [0.05, 0.1) is 23.2 Å². The number of amides is 1. The number of rotatable bonds is 5. The first kappa shape index (κ1) is 17.1. The zero-order valence-corrected chi connectivity index (χ0v) is 14.8. The highest BCUT2D eigenvalue weighted by atomic mass is 32.1. The summed E-state index contributed by atoms with van der Waals surface area (Å²) in [5.41, 5.74) is 2.09. The topological polar surface area (TPSA) is 53.4 Å². The van der Waals surface area contributed by atoms with E-state index in [9.17, 15) is 9.90 Å². The van der Waals surface area contributed by atoms with Crippen molar-refractivity contribution < 1.29 is 9.90 Å². The number of thiazole rings is 1. The van der Waals surface area contributed by atoms with Gasteiger partial charge in [-0.25, -0.2) is 4.98 Å². The van der Waals surface area contributed by atoms with Gasteiger partial charge in [0.15, 0.2) is 0 Å². The highest BCUT2D eigenvalue weighted by Gasteiger charge is 2.26. The molecule has 2 unspecified atom stereocenters. The number of aromatic nitrogens is 1. The fourth-order valence-corrected chi connectivity index (χ4v) is 4.01. The molecule has 2 heterocycles. The molecule has 0 bridgehead atoms. The van der Waals surface area contributed by atoms with Gasteiger partial charge < -0.3 is 10.0 Å². The summed E-state index contributed by atoms with van der Waals surface area (Å²) in [6.07, 6.45) is 2.79. The fraction of sp³-hybridized carbons (Fsp3) is 0.474. The number of nitrogens with zero attached hydrogens (tertiary/aromatic N) is 2. The van der Waals surface area contributed by atoms with E-state index in [1.54, 1.807) is 11.3 Å². The van der Waals surface area contributed by atoms with Gasteiger partial charge >= 0.3 is 0 Å². The minimum Gasteiger partial charge on any atom is -0.393 e. The number of hydrogen-bond acceptors (Lipinski definition) is 4. The summed E-state index contributed by atoms with van der Waals surface area (Å²) < 4.78 is 0. The first-order chi connectivity index (χ1) is 11.6. The van der Waals surface area contributed by atoms with Crippen LogP contribution in [0.2, 0.25) is 0 Å². The van der Waals surface area contributed by atoms with E-state index in [1.807, 2.05) is 35.4 Å². The lowest BCUT2D eigenvalue weighted by Gasteiger charge is -2.34. The van der Waals surface area contributed by atoms with Gasteiger partial charge in [-0.05, 0) is 25.3 Å². The van der Waals surface area contributed by atoms with Gasteiger partial charge in [0, 0.05) is 30.8 Å². The minimum absolute atomic E-state index is 0.122. The van der Waals surface area contributed by atoms with Crippen LogP contribution in [-0.4, -0.2) is 40.1 Å². The molecule has 1 aliphatic rings. The van der Waals surface area contributed by atoms with Crippen LogP contribution in [0.25, 0.3) is 0 Å². The smallest absolute Gasteiger partial charge is 0.228 e. The van der Waals surface area contributed by atoms with Gasteiger partial charge in [-0.3, -0.25) is 4.79 Å². The first-order valence-corrected chi connectivity index (χ1v) is 9.43. The van der Waals surface area contributed by atoms with E-state index in [0.29, 0.717) is 13.0 Å². The lowest BCUT2D eigenvalue weighted by Crippen LogP contribution is -2.43. The first-order valence-electron chi connectivity index (χ1n) is 8.55. The molecule has 0 aliphatic carbocycles. The van der Waals surface area contributed by atoms with Crippen molar-refractivity contribution in [2.45, 2.75) is 38.7 Å². The SMILES string of the molecule is CC(O)C1CCCN(C(=O)Cc2csc(Cc3ccccc3)n2)C1. The molecule has 5 heteroatoms. The number of aliphatic hydroxyl groups is 1. The number of piperidine rings is 1. The van der Waals surface area contributed by atoms with Crippen LogP contribution in [0.3, 0.4) is 0 Å². The number of carbonyl (C=O) groups is 1. The second kappa shape index (κ2) is 7.90. The van der Waals surface area contributed by atoms with E-state index in [1.165, 1.54) is 5.56 Å². The Morgan fingerprint density at radius 2 is 2.21 bits per heavy atom. The van der Waals surface area contributed by atoms with Crippen LogP contribution >= 0.6 is 11.3 Å². The molecule has 128 valence electrons. The summed E-state index contributed by atoms with van der Waals surface area (Å²) in [5.74, 6) is 0.323. The van der Waals surface area contributed by atoms with Gasteiger partial charge in [-0.15, -0.1) is 11.3 Å². The maximum atomic E-state index is 12.5. The van der Waals surface area contributed by atoms with Crippen LogP contribution < -0.4 is 0 Å². The molecule has 2 aromatic rings. The summed E-state index contributed by atoms with van der Waals surface area (Å²) >= 11 is 1.62. The predicted molar refractivity (Wildman–Crippen MR) is 96.1 cm³/mol. The summed E-state index contributed by atoms with van der Waals surface area (Å²) in [5, 5.41) is 12.8. The highest BCUT2D eigenvalue weighted by molar-refractivity contribution is 7.09. The molecule has 2 atom stereocenters. The van der Waals surface area contributed by atoms with Gasteiger partial charge in [0.25, 0.3) is 0 Å². The molecule has 1 N–H and O–H groups in total. The summed E-state index contributed by atoms with van der Waals surface area (Å²) in [7, 11) is 0. The highest BCUT2D eigenvalue weighted by Crippen LogP contribution is 2.21. The average Bonchev–Trinajstić information content (AvgIpc) is 3.02. The van der Waals surface area contributed by atoms with Gasteiger partial charge in [0.2, 0.25) is 5.91 Å². The normalized spacial score (nSPS) is 19.2. The van der Waals surface area contributed by atoms with Gasteiger partial charge in [0.1, 0.15) is 0 Å². The molecule has 1 aliphatic heterocycles. The van der Waals surface area contributed by atoms with E-state index < -0.39 is 0 Å². The Balaban J connectivity index is 1.57. The largest absolute Gasteiger partial charge is 0.393 e. The van der Waals surface area contributed by atoms with Crippen molar-refractivity contribution in [2.75, 3.05) is 13.1 Å². The maximum Gasteiger partial charge on any atom is 0.228 e. The molecule has 24 heavy (non-hydrogen) atoms. The molecule has 0 spiro atoms. The Hall–Kier alpha value is -1.72. The van der Waals surface area contributed by atoms with Crippen LogP contribution in [0.1, 0.15) is 36.0 Å². The molecular weight excluding hydrogens is 320 g/mol. The molecule has 0 radical (unpaired) electrons. The summed E-state index contributed by atoms with van der Waals surface area (Å²) in [4.78, 5) is 19.0. The van der Waals surface area contributed by atoms with Crippen LogP contribution in [0, 0.1) is 5.92 Å². The number of hydrogen-bond donors (Lipinski definition) is 1. The quantitative estimate of drug-likeness (QED) is 0.907. The molecule has 1 amide bonds. The maximum absolute atomic E-state index is 12.5. The second-order valence-electron chi connectivity index (χ2n) is 6.55. The van der Waals surface area contributed by atoms with Crippen molar-refractivity contribution in [3.8, 4) is 0 Å². The zero-order valence-electron chi connectivity index (χ0n) is 14.0. The molecule has 3 rings (SSSR count). The van der Waals surface area contributed by atoms with Crippen LogP contribution in [0.15, 0.2) is 35.7 Å². The molecule has 1 aromatic carbocycles. The Labute approximate surface area is 147 Å². The standard InChI is InChI=1S/C19H24N2O2S/c1-14(22)16-8-5-9-21(12-16)19(23)11-17-13-24-18(20-17)10-15-6-3-2-4-7-15/h2-4,6-7,13-14,16,22H,5,8-12H2,1H3. The molecule has 0 saturated carbocycles. The third-order valence-corrected chi connectivity index (χ3v) is 5.52. The fourth-order valence-electron chi connectivity index (χ4n) is 3.18. The summed E-state index contributed by atoms with van der Waals surface area (Å²) in [6.45, 7) is 3.27. The minimum atomic E-state index is -0.350. The van der Waals surface area contributed by atoms with Crippen molar-refractivity contribution in [1.82, 2.24) is 9.88 Å². The Kier molecular flexibility index (Phi) is 5.63. The molecule has 1 saturated heterocycles. The third-order valence-electron chi connectivity index (χ3n) is 4.62. The monoisotopic (exact) mass is 344 g/mol. The van der Waals surface area contributed by atoms with Crippen molar-refractivity contribution in [1.29, 1.82) is 0 Å². The van der Waals surface area contributed by atoms with Crippen molar-refractivity contribution in [3.05, 3.63) is 52.0 Å². The number of benzene rings is 1. The Bertz CT molecular complexity index is 669. The van der Waals surface area contributed by atoms with Crippen LogP contribution in [0.4, 0.5) is 0 Å². The molecule has 4 nitrogen and oxygen atoms in total. The molecule has 1 aromatic heterocycles. The lowest BCUT2D eigenvalue weighted by molar-refractivity contribution is -0.133. The van der Waals surface area contributed by atoms with E-state index in [4.69, 9.17) is 0 Å². The number of likely N-dealkylation sites (tertiary alicyclic amines) is 1. The van der Waals surface area contributed by atoms with Crippen LogP contribution in [0.5, 0.6) is 0 Å². The second-order valence-corrected chi connectivity index (χ2v) is 7.50. The number of aliphatic hydroxyl groups excluding tert-OH is 1. The van der Waals surface area contributed by atoms with Gasteiger partial charge in [-0.2, -0.15) is 0 Å². The molecular formula is C19H24N2O2S. The zero-order chi connectivity index (χ0) is 16.9. The summed E-state index contributed by atoms with van der Waals surface area (Å²) in [6, 6.07) is 10.3. The third kappa shape index (κ3) is 4.42. The lowest BCUT2D eigenvalue weighted by atomic mass is 9.93. The van der Waals surface area contributed by atoms with Crippen molar-refractivity contribution >= 4 is 17.2 Å². The van der Waals surface area contributed by atoms with E-state index in [0.717, 1.165) is 36.5 Å². The molecule has 1 fully saturated rings. The Morgan fingerprint density at radius 3 is 2.96 bits per heavy atom.